The molecule has 9 rings (SSSR count). The molecule has 0 fully saturated rings. The lowest BCUT2D eigenvalue weighted by molar-refractivity contribution is 0.726. The Balaban J connectivity index is 1.30. The van der Waals surface area contributed by atoms with E-state index in [0.29, 0.717) is 0 Å². The molecule has 7 aromatic carbocycles. The quantitative estimate of drug-likeness (QED) is 0.182. The Morgan fingerprint density at radius 2 is 0.848 bits per heavy atom. The van der Waals surface area contributed by atoms with Gasteiger partial charge in [0, 0.05) is 30.4 Å². The molecule has 8 aromatic rings. The summed E-state index contributed by atoms with van der Waals surface area (Å²) in [7, 11) is 0. The number of benzene rings is 7. The van der Waals surface area contributed by atoms with E-state index in [4.69, 9.17) is 0 Å². The number of para-hydroxylation sites is 3. The summed E-state index contributed by atoms with van der Waals surface area (Å²) in [6, 6.07) is 64.5. The van der Waals surface area contributed by atoms with Crippen LogP contribution in [0, 0.1) is 0 Å². The molecule has 1 aromatic heterocycles. The summed E-state index contributed by atoms with van der Waals surface area (Å²) < 4.78 is 2.49. The molecule has 0 bridgehead atoms. The van der Waals surface area contributed by atoms with Gasteiger partial charge in [0.2, 0.25) is 0 Å². The topological polar surface area (TPSA) is 4.93 Å². The summed E-state index contributed by atoms with van der Waals surface area (Å²) in [6.07, 6.45) is 0. The lowest BCUT2D eigenvalue weighted by atomic mass is 9.63. The van der Waals surface area contributed by atoms with E-state index in [0.717, 1.165) is 0 Å². The molecular weight excluding hydrogens is 595 g/mol. The number of nitrogens with zero attached hydrogens (tertiary/aromatic N) is 1. The Labute approximate surface area is 277 Å². The molecule has 0 N–H and O–H groups in total. The zero-order valence-corrected chi connectivity index (χ0v) is 26.6. The van der Waals surface area contributed by atoms with E-state index < -0.39 is 5.41 Å². The van der Waals surface area contributed by atoms with Gasteiger partial charge in [0.05, 0.1) is 22.1 Å². The van der Waals surface area contributed by atoms with Crippen LogP contribution in [0.5, 0.6) is 0 Å². The molecule has 3 heteroatoms. The van der Waals surface area contributed by atoms with Crippen LogP contribution in [0.3, 0.4) is 0 Å². The standard InChI is InChI=1S/C43H29NS2/c1-3-12-32(13-4-1)45-34-26-22-30(23-27-34)43(31-24-28-35(29-25-31)46-33-14-5-2-6-15-33)38-18-8-10-21-41(38)44-40-20-9-7-16-36(40)37-17-11-19-39(43)42(37)44/h1-29H. The van der Waals surface area contributed by atoms with E-state index in [1.807, 2.05) is 0 Å². The first-order chi connectivity index (χ1) is 22.8. The van der Waals surface area contributed by atoms with Gasteiger partial charge in [0.25, 0.3) is 0 Å². The molecule has 1 aliphatic rings. The molecule has 46 heavy (non-hydrogen) atoms. The molecule has 2 heterocycles. The average molecular weight is 624 g/mol. The van der Waals surface area contributed by atoms with Gasteiger partial charge >= 0.3 is 0 Å². The normalized spacial score (nSPS) is 13.1. The molecule has 218 valence electrons. The van der Waals surface area contributed by atoms with Crippen molar-refractivity contribution in [1.82, 2.24) is 4.57 Å². The Bertz CT molecular complexity index is 2250. The van der Waals surface area contributed by atoms with Crippen molar-refractivity contribution in [2.45, 2.75) is 25.0 Å². The zero-order valence-electron chi connectivity index (χ0n) is 25.0. The molecule has 0 saturated carbocycles. The van der Waals surface area contributed by atoms with E-state index in [1.165, 1.54) is 69.3 Å². The molecule has 0 amide bonds. The average Bonchev–Trinajstić information content (AvgIpc) is 3.46. The summed E-state index contributed by atoms with van der Waals surface area (Å²) >= 11 is 3.61. The molecular formula is C43H29NS2. The molecule has 0 saturated heterocycles. The van der Waals surface area contributed by atoms with Crippen LogP contribution in [0.4, 0.5) is 0 Å². The molecule has 1 aliphatic heterocycles. The third-order valence-corrected chi connectivity index (χ3v) is 11.2. The minimum absolute atomic E-state index is 0.508. The Morgan fingerprint density at radius 1 is 0.370 bits per heavy atom. The Morgan fingerprint density at radius 3 is 1.48 bits per heavy atom. The monoisotopic (exact) mass is 623 g/mol. The highest BCUT2D eigenvalue weighted by molar-refractivity contribution is 7.99. The van der Waals surface area contributed by atoms with Crippen LogP contribution in [0.1, 0.15) is 22.3 Å². The summed E-state index contributed by atoms with van der Waals surface area (Å²) in [5.74, 6) is 0. The second kappa shape index (κ2) is 11.1. The summed E-state index contributed by atoms with van der Waals surface area (Å²) in [4.78, 5) is 4.95. The van der Waals surface area contributed by atoms with Gasteiger partial charge in [-0.15, -0.1) is 0 Å². The highest BCUT2D eigenvalue weighted by atomic mass is 32.2. The van der Waals surface area contributed by atoms with Gasteiger partial charge in [-0.2, -0.15) is 0 Å². The third-order valence-electron chi connectivity index (χ3n) is 9.18. The molecule has 1 nitrogen and oxygen atoms in total. The van der Waals surface area contributed by atoms with Crippen molar-refractivity contribution < 1.29 is 0 Å². The van der Waals surface area contributed by atoms with Crippen molar-refractivity contribution in [3.05, 3.63) is 198 Å². The number of rotatable bonds is 6. The fourth-order valence-corrected chi connectivity index (χ4v) is 8.96. The van der Waals surface area contributed by atoms with Crippen LogP contribution in [0.2, 0.25) is 0 Å². The lowest BCUT2D eigenvalue weighted by Gasteiger charge is -2.41. The van der Waals surface area contributed by atoms with Crippen molar-refractivity contribution in [3.63, 3.8) is 0 Å². The lowest BCUT2D eigenvalue weighted by Crippen LogP contribution is -2.35. The van der Waals surface area contributed by atoms with Gasteiger partial charge in [-0.3, -0.25) is 0 Å². The maximum absolute atomic E-state index is 2.49. The van der Waals surface area contributed by atoms with Crippen molar-refractivity contribution >= 4 is 45.3 Å². The second-order valence-electron chi connectivity index (χ2n) is 11.7. The predicted octanol–water partition coefficient (Wildman–Crippen LogP) is 11.8. The molecule has 0 unspecified atom stereocenters. The zero-order chi connectivity index (χ0) is 30.5. The van der Waals surface area contributed by atoms with Gasteiger partial charge in [-0.25, -0.2) is 0 Å². The first-order valence-electron chi connectivity index (χ1n) is 15.6. The highest BCUT2D eigenvalue weighted by Gasteiger charge is 2.45. The van der Waals surface area contributed by atoms with Crippen LogP contribution in [0.25, 0.3) is 27.5 Å². The van der Waals surface area contributed by atoms with Gasteiger partial charge in [-0.1, -0.05) is 139 Å². The fourth-order valence-electron chi connectivity index (χ4n) is 7.29. The van der Waals surface area contributed by atoms with Gasteiger partial charge in [0.15, 0.2) is 0 Å². The summed E-state index contributed by atoms with van der Waals surface area (Å²) in [6.45, 7) is 0. The minimum Gasteiger partial charge on any atom is -0.309 e. The van der Waals surface area contributed by atoms with Crippen LogP contribution < -0.4 is 0 Å². The third kappa shape index (κ3) is 4.27. The van der Waals surface area contributed by atoms with Crippen LogP contribution in [-0.4, -0.2) is 4.57 Å². The maximum Gasteiger partial charge on any atom is 0.0742 e. The van der Waals surface area contributed by atoms with Crippen molar-refractivity contribution in [3.8, 4) is 5.69 Å². The van der Waals surface area contributed by atoms with Gasteiger partial charge < -0.3 is 4.57 Å². The van der Waals surface area contributed by atoms with Crippen LogP contribution in [-0.2, 0) is 5.41 Å². The number of aromatic nitrogens is 1. The van der Waals surface area contributed by atoms with Crippen molar-refractivity contribution in [2.75, 3.05) is 0 Å². The van der Waals surface area contributed by atoms with E-state index in [9.17, 15) is 0 Å². The Kier molecular flexibility index (Phi) is 6.62. The minimum atomic E-state index is -0.508. The molecule has 0 aliphatic carbocycles. The number of hydrogen-bond donors (Lipinski definition) is 0. The Hall–Kier alpha value is -4.96. The number of hydrogen-bond acceptors (Lipinski definition) is 2. The fraction of sp³-hybridized carbons (Fsp3) is 0.0233. The predicted molar refractivity (Wildman–Crippen MR) is 194 cm³/mol. The molecule has 0 radical (unpaired) electrons. The van der Waals surface area contributed by atoms with E-state index >= 15 is 0 Å². The summed E-state index contributed by atoms with van der Waals surface area (Å²) in [5.41, 5.74) is 8.40. The molecule has 0 spiro atoms. The van der Waals surface area contributed by atoms with Crippen molar-refractivity contribution in [2.24, 2.45) is 0 Å². The van der Waals surface area contributed by atoms with Gasteiger partial charge in [-0.05, 0) is 82.9 Å². The summed E-state index contributed by atoms with van der Waals surface area (Å²) in [5, 5.41) is 2.58. The largest absolute Gasteiger partial charge is 0.309 e. The van der Waals surface area contributed by atoms with E-state index in [1.54, 1.807) is 23.5 Å². The second-order valence-corrected chi connectivity index (χ2v) is 14.0. The smallest absolute Gasteiger partial charge is 0.0742 e. The van der Waals surface area contributed by atoms with Crippen LogP contribution >= 0.6 is 23.5 Å². The first kappa shape index (κ1) is 27.4. The van der Waals surface area contributed by atoms with Crippen molar-refractivity contribution in [1.29, 1.82) is 0 Å². The SMILES string of the molecule is c1ccc(Sc2ccc(C3(c4ccc(Sc5ccccc5)cc4)c4ccccc4-n4c5ccccc5c5cccc3c54)cc2)cc1. The van der Waals surface area contributed by atoms with E-state index in [2.05, 4.69) is 180 Å². The van der Waals surface area contributed by atoms with Gasteiger partial charge in [0.1, 0.15) is 0 Å². The van der Waals surface area contributed by atoms with E-state index in [-0.39, 0.29) is 0 Å². The van der Waals surface area contributed by atoms with Crippen LogP contribution in [0.15, 0.2) is 196 Å². The highest BCUT2D eigenvalue weighted by Crippen LogP contribution is 2.54. The number of fused-ring (bicyclic) bond motifs is 5. The first-order valence-corrected chi connectivity index (χ1v) is 17.2. The molecule has 0 atom stereocenters. The maximum atomic E-state index is 2.49.